The number of ether oxygens (including phenoxy) is 1. The summed E-state index contributed by atoms with van der Waals surface area (Å²) in [6.07, 6.45) is 1.93. The van der Waals surface area contributed by atoms with E-state index in [2.05, 4.69) is 41.0 Å². The van der Waals surface area contributed by atoms with E-state index in [-0.39, 0.29) is 0 Å². The lowest BCUT2D eigenvalue weighted by atomic mass is 10.2. The average molecular weight is 280 g/mol. The van der Waals surface area contributed by atoms with E-state index >= 15 is 0 Å². The van der Waals surface area contributed by atoms with E-state index in [1.165, 1.54) is 0 Å². The topological polar surface area (TPSA) is 50.3 Å². The van der Waals surface area contributed by atoms with Gasteiger partial charge in [-0.15, -0.1) is 0 Å². The van der Waals surface area contributed by atoms with Crippen molar-refractivity contribution < 1.29 is 4.74 Å². The molecule has 0 aromatic carbocycles. The summed E-state index contributed by atoms with van der Waals surface area (Å²) in [5.74, 6) is 1.44. The number of hydrogen-bond acceptors (Lipinski definition) is 5. The molecule has 0 bridgehead atoms. The van der Waals surface area contributed by atoms with E-state index in [0.29, 0.717) is 12.5 Å². The minimum Gasteiger partial charge on any atom is -0.383 e. The van der Waals surface area contributed by atoms with E-state index < -0.39 is 0 Å². The zero-order valence-corrected chi connectivity index (χ0v) is 13.4. The van der Waals surface area contributed by atoms with E-state index in [4.69, 9.17) is 4.74 Å². The Labute approximate surface area is 122 Å². The van der Waals surface area contributed by atoms with Crippen molar-refractivity contribution in [2.75, 3.05) is 38.3 Å². The summed E-state index contributed by atoms with van der Waals surface area (Å²) in [7, 11) is 1.71. The van der Waals surface area contributed by atoms with Crippen molar-refractivity contribution in [3.05, 3.63) is 17.5 Å². The molecule has 0 aliphatic rings. The van der Waals surface area contributed by atoms with Gasteiger partial charge in [0.1, 0.15) is 0 Å². The highest BCUT2D eigenvalue weighted by Crippen LogP contribution is 2.11. The fraction of sp³-hybridized carbons (Fsp3) is 0.733. The van der Waals surface area contributed by atoms with Gasteiger partial charge in [0.15, 0.2) is 0 Å². The molecule has 0 aliphatic heterocycles. The SMILES string of the molecule is CCN(CCOC)c1ncc(CNCC(C)C)c(C)n1. The van der Waals surface area contributed by atoms with E-state index in [1.807, 2.05) is 13.1 Å². The standard InChI is InChI=1S/C15H28N4O/c1-6-19(7-8-20-5)15-17-11-14(13(4)18-15)10-16-9-12(2)3/h11-12,16H,6-10H2,1-5H3. The first-order valence-corrected chi connectivity index (χ1v) is 7.35. The molecule has 0 unspecified atom stereocenters. The van der Waals surface area contributed by atoms with Gasteiger partial charge in [-0.05, 0) is 26.3 Å². The third-order valence-corrected chi connectivity index (χ3v) is 3.17. The Hall–Kier alpha value is -1.20. The second kappa shape index (κ2) is 8.87. The second-order valence-corrected chi connectivity index (χ2v) is 5.38. The number of hydrogen-bond donors (Lipinski definition) is 1. The van der Waals surface area contributed by atoms with Crippen LogP contribution in [0.2, 0.25) is 0 Å². The smallest absolute Gasteiger partial charge is 0.225 e. The molecule has 0 aliphatic carbocycles. The van der Waals surface area contributed by atoms with E-state index in [0.717, 1.165) is 43.4 Å². The fourth-order valence-corrected chi connectivity index (χ4v) is 1.90. The number of nitrogens with one attached hydrogen (secondary N) is 1. The van der Waals surface area contributed by atoms with Crippen LogP contribution in [0.25, 0.3) is 0 Å². The van der Waals surface area contributed by atoms with Crippen molar-refractivity contribution in [3.8, 4) is 0 Å². The molecule has 0 amide bonds. The number of aryl methyl sites for hydroxylation is 1. The van der Waals surface area contributed by atoms with Crippen LogP contribution < -0.4 is 10.2 Å². The molecule has 0 spiro atoms. The molecule has 1 aromatic rings. The Morgan fingerprint density at radius 1 is 1.40 bits per heavy atom. The number of likely N-dealkylation sites (N-methyl/N-ethyl adjacent to an activating group) is 1. The molecule has 114 valence electrons. The highest BCUT2D eigenvalue weighted by Gasteiger charge is 2.09. The molecule has 5 nitrogen and oxygen atoms in total. The van der Waals surface area contributed by atoms with Gasteiger partial charge in [0.05, 0.1) is 6.61 Å². The maximum absolute atomic E-state index is 5.12. The Balaban J connectivity index is 2.65. The van der Waals surface area contributed by atoms with Crippen LogP contribution >= 0.6 is 0 Å². The van der Waals surface area contributed by atoms with Crippen molar-refractivity contribution in [1.82, 2.24) is 15.3 Å². The summed E-state index contributed by atoms with van der Waals surface area (Å²) >= 11 is 0. The summed E-state index contributed by atoms with van der Waals surface area (Å²) in [5.41, 5.74) is 2.21. The quantitative estimate of drug-likeness (QED) is 0.750. The third-order valence-electron chi connectivity index (χ3n) is 3.17. The Bertz CT molecular complexity index is 395. The lowest BCUT2D eigenvalue weighted by Crippen LogP contribution is -2.29. The molecule has 1 heterocycles. The number of methoxy groups -OCH3 is 1. The predicted molar refractivity (Wildman–Crippen MR) is 83.1 cm³/mol. The summed E-state index contributed by atoms with van der Waals surface area (Å²) in [5, 5.41) is 3.43. The van der Waals surface area contributed by atoms with Crippen LogP contribution in [0.5, 0.6) is 0 Å². The molecule has 20 heavy (non-hydrogen) atoms. The maximum atomic E-state index is 5.12. The first-order valence-electron chi connectivity index (χ1n) is 7.35. The molecule has 0 saturated carbocycles. The highest BCUT2D eigenvalue weighted by molar-refractivity contribution is 5.32. The second-order valence-electron chi connectivity index (χ2n) is 5.38. The Kier molecular flexibility index (Phi) is 7.47. The van der Waals surface area contributed by atoms with Gasteiger partial charge >= 0.3 is 0 Å². The van der Waals surface area contributed by atoms with Crippen molar-refractivity contribution in [2.24, 2.45) is 5.92 Å². The summed E-state index contributed by atoms with van der Waals surface area (Å²) in [4.78, 5) is 11.2. The lowest BCUT2D eigenvalue weighted by molar-refractivity contribution is 0.205. The molecular weight excluding hydrogens is 252 g/mol. The summed E-state index contributed by atoms with van der Waals surface area (Å²) < 4.78 is 5.12. The predicted octanol–water partition coefficient (Wildman–Crippen LogP) is 2.00. The lowest BCUT2D eigenvalue weighted by Gasteiger charge is -2.21. The largest absolute Gasteiger partial charge is 0.383 e. The highest BCUT2D eigenvalue weighted by atomic mass is 16.5. The number of aromatic nitrogens is 2. The summed E-state index contributed by atoms with van der Waals surface area (Å²) in [6.45, 7) is 12.8. The molecule has 1 aromatic heterocycles. The number of nitrogens with zero attached hydrogens (tertiary/aromatic N) is 3. The van der Waals surface area contributed by atoms with Gasteiger partial charge < -0.3 is 15.0 Å². The molecular formula is C15H28N4O. The van der Waals surface area contributed by atoms with Crippen molar-refractivity contribution >= 4 is 5.95 Å². The van der Waals surface area contributed by atoms with Crippen molar-refractivity contribution in [1.29, 1.82) is 0 Å². The Morgan fingerprint density at radius 3 is 2.70 bits per heavy atom. The van der Waals surface area contributed by atoms with Crippen LogP contribution in [0.1, 0.15) is 32.0 Å². The van der Waals surface area contributed by atoms with Crippen LogP contribution in [0, 0.1) is 12.8 Å². The van der Waals surface area contributed by atoms with Crippen LogP contribution in [0.15, 0.2) is 6.20 Å². The van der Waals surface area contributed by atoms with Crippen molar-refractivity contribution in [3.63, 3.8) is 0 Å². The van der Waals surface area contributed by atoms with Gasteiger partial charge in [-0.2, -0.15) is 0 Å². The molecule has 0 atom stereocenters. The number of anilines is 1. The molecule has 1 rings (SSSR count). The van der Waals surface area contributed by atoms with Gasteiger partial charge in [0.25, 0.3) is 0 Å². The molecule has 0 fully saturated rings. The average Bonchev–Trinajstić information content (AvgIpc) is 2.41. The maximum Gasteiger partial charge on any atom is 0.225 e. The minimum absolute atomic E-state index is 0.653. The van der Waals surface area contributed by atoms with Crippen LogP contribution in [-0.2, 0) is 11.3 Å². The zero-order chi connectivity index (χ0) is 15.0. The van der Waals surface area contributed by atoms with Crippen molar-refractivity contribution in [2.45, 2.75) is 34.2 Å². The molecule has 5 heteroatoms. The summed E-state index contributed by atoms with van der Waals surface area (Å²) in [6, 6.07) is 0. The first kappa shape index (κ1) is 16.9. The van der Waals surface area contributed by atoms with Gasteiger partial charge in [0, 0.05) is 44.2 Å². The van der Waals surface area contributed by atoms with Gasteiger partial charge in [0.2, 0.25) is 5.95 Å². The van der Waals surface area contributed by atoms with Crippen LogP contribution in [-0.4, -0.2) is 43.3 Å². The Morgan fingerprint density at radius 2 is 2.15 bits per heavy atom. The third kappa shape index (κ3) is 5.43. The van der Waals surface area contributed by atoms with Gasteiger partial charge in [-0.25, -0.2) is 9.97 Å². The zero-order valence-electron chi connectivity index (χ0n) is 13.4. The first-order chi connectivity index (χ1) is 9.58. The van der Waals surface area contributed by atoms with E-state index in [9.17, 15) is 0 Å². The molecule has 0 saturated heterocycles. The molecule has 1 N–H and O–H groups in total. The van der Waals surface area contributed by atoms with Crippen LogP contribution in [0.3, 0.4) is 0 Å². The van der Waals surface area contributed by atoms with E-state index in [1.54, 1.807) is 7.11 Å². The molecule has 0 radical (unpaired) electrons. The minimum atomic E-state index is 0.653. The fourth-order valence-electron chi connectivity index (χ4n) is 1.90. The van der Waals surface area contributed by atoms with Gasteiger partial charge in [-0.1, -0.05) is 13.8 Å². The monoisotopic (exact) mass is 280 g/mol. The normalized spacial score (nSPS) is 11.1. The van der Waals surface area contributed by atoms with Gasteiger partial charge in [-0.3, -0.25) is 0 Å². The number of rotatable bonds is 9. The van der Waals surface area contributed by atoms with Crippen LogP contribution in [0.4, 0.5) is 5.95 Å².